The highest BCUT2D eigenvalue weighted by Crippen LogP contribution is 2.27. The molecular weight excluding hydrogens is 319 g/mol. The van der Waals surface area contributed by atoms with Gasteiger partial charge in [0.2, 0.25) is 0 Å². The SMILES string of the molecule is C[C@H](O)CNC(=O)c1cccc(Oc2ccc([N+](=O)[O-])cc2F)c1. The van der Waals surface area contributed by atoms with Crippen molar-refractivity contribution >= 4 is 11.6 Å². The number of benzene rings is 2. The number of aliphatic hydroxyl groups excluding tert-OH is 1. The molecule has 0 spiro atoms. The zero-order valence-electron chi connectivity index (χ0n) is 12.7. The van der Waals surface area contributed by atoms with Crippen LogP contribution in [0.3, 0.4) is 0 Å². The number of carbonyl (C=O) groups is 1. The quantitative estimate of drug-likeness (QED) is 0.624. The van der Waals surface area contributed by atoms with E-state index in [-0.39, 0.29) is 29.3 Å². The lowest BCUT2D eigenvalue weighted by Gasteiger charge is -2.10. The van der Waals surface area contributed by atoms with E-state index in [1.54, 1.807) is 6.07 Å². The molecule has 0 heterocycles. The summed E-state index contributed by atoms with van der Waals surface area (Å²) in [5, 5.41) is 22.3. The number of hydrogen-bond acceptors (Lipinski definition) is 5. The average Bonchev–Trinajstić information content (AvgIpc) is 2.54. The normalized spacial score (nSPS) is 11.6. The van der Waals surface area contributed by atoms with E-state index in [1.807, 2.05) is 0 Å². The van der Waals surface area contributed by atoms with E-state index in [2.05, 4.69) is 5.32 Å². The van der Waals surface area contributed by atoms with Crippen LogP contribution >= 0.6 is 0 Å². The lowest BCUT2D eigenvalue weighted by molar-refractivity contribution is -0.385. The summed E-state index contributed by atoms with van der Waals surface area (Å²) in [4.78, 5) is 21.8. The summed E-state index contributed by atoms with van der Waals surface area (Å²) < 4.78 is 19.2. The maximum atomic E-state index is 13.8. The third-order valence-electron chi connectivity index (χ3n) is 3.01. The summed E-state index contributed by atoms with van der Waals surface area (Å²) in [6.45, 7) is 1.64. The molecule has 0 aliphatic heterocycles. The van der Waals surface area contributed by atoms with Gasteiger partial charge in [0.05, 0.1) is 17.1 Å². The van der Waals surface area contributed by atoms with E-state index in [4.69, 9.17) is 9.84 Å². The van der Waals surface area contributed by atoms with Crippen molar-refractivity contribution in [2.24, 2.45) is 0 Å². The molecule has 1 atom stereocenters. The smallest absolute Gasteiger partial charge is 0.272 e. The first-order valence-electron chi connectivity index (χ1n) is 7.05. The van der Waals surface area contributed by atoms with Gasteiger partial charge in [0.25, 0.3) is 11.6 Å². The number of nitro benzene ring substituents is 1. The number of ether oxygens (including phenoxy) is 1. The molecular formula is C16H15FN2O5. The first kappa shape index (κ1) is 17.4. The van der Waals surface area contributed by atoms with Crippen LogP contribution in [-0.2, 0) is 0 Å². The molecule has 0 unspecified atom stereocenters. The van der Waals surface area contributed by atoms with Crippen molar-refractivity contribution in [3.63, 3.8) is 0 Å². The monoisotopic (exact) mass is 334 g/mol. The van der Waals surface area contributed by atoms with Gasteiger partial charge in [0.1, 0.15) is 5.75 Å². The zero-order chi connectivity index (χ0) is 17.7. The number of nitrogens with one attached hydrogen (secondary N) is 1. The van der Waals surface area contributed by atoms with E-state index in [1.165, 1.54) is 25.1 Å². The number of nitro groups is 1. The van der Waals surface area contributed by atoms with Gasteiger partial charge >= 0.3 is 0 Å². The number of rotatable bonds is 6. The van der Waals surface area contributed by atoms with Crippen molar-refractivity contribution in [3.8, 4) is 11.5 Å². The van der Waals surface area contributed by atoms with Gasteiger partial charge in [0.15, 0.2) is 11.6 Å². The molecule has 2 rings (SSSR count). The summed E-state index contributed by atoms with van der Waals surface area (Å²) in [5.74, 6) is -1.28. The predicted molar refractivity (Wildman–Crippen MR) is 83.6 cm³/mol. The molecule has 0 bridgehead atoms. The van der Waals surface area contributed by atoms with Gasteiger partial charge in [-0.25, -0.2) is 4.39 Å². The number of aliphatic hydroxyl groups is 1. The van der Waals surface area contributed by atoms with Crippen molar-refractivity contribution in [3.05, 3.63) is 64.0 Å². The van der Waals surface area contributed by atoms with E-state index in [0.717, 1.165) is 18.2 Å². The van der Waals surface area contributed by atoms with Crippen LogP contribution in [0.15, 0.2) is 42.5 Å². The second-order valence-electron chi connectivity index (χ2n) is 5.06. The molecule has 24 heavy (non-hydrogen) atoms. The van der Waals surface area contributed by atoms with Gasteiger partial charge in [-0.15, -0.1) is 0 Å². The molecule has 126 valence electrons. The second-order valence-corrected chi connectivity index (χ2v) is 5.06. The van der Waals surface area contributed by atoms with E-state index in [0.29, 0.717) is 0 Å². The molecule has 0 aromatic heterocycles. The van der Waals surface area contributed by atoms with Gasteiger partial charge in [-0.2, -0.15) is 0 Å². The number of hydrogen-bond donors (Lipinski definition) is 2. The fraction of sp³-hybridized carbons (Fsp3) is 0.188. The highest BCUT2D eigenvalue weighted by atomic mass is 19.1. The summed E-state index contributed by atoms with van der Waals surface area (Å²) in [6, 6.07) is 9.04. The number of amides is 1. The van der Waals surface area contributed by atoms with Crippen molar-refractivity contribution in [2.45, 2.75) is 13.0 Å². The van der Waals surface area contributed by atoms with Crippen LogP contribution in [0.25, 0.3) is 0 Å². The summed E-state index contributed by atoms with van der Waals surface area (Å²) in [7, 11) is 0. The third kappa shape index (κ3) is 4.50. The van der Waals surface area contributed by atoms with E-state index < -0.39 is 22.8 Å². The Hall–Kier alpha value is -3.00. The summed E-state index contributed by atoms with van der Waals surface area (Å²) in [6.07, 6.45) is -0.678. The molecule has 0 saturated heterocycles. The molecule has 2 N–H and O–H groups in total. The van der Waals surface area contributed by atoms with Crippen LogP contribution in [0.4, 0.5) is 10.1 Å². The second kappa shape index (κ2) is 7.51. The Bertz CT molecular complexity index is 764. The van der Waals surface area contributed by atoms with Crippen molar-refractivity contribution < 1.29 is 24.0 Å². The summed E-state index contributed by atoms with van der Waals surface area (Å²) >= 11 is 0. The van der Waals surface area contributed by atoms with Crippen LogP contribution in [0.2, 0.25) is 0 Å². The van der Waals surface area contributed by atoms with E-state index in [9.17, 15) is 19.3 Å². The Morgan fingerprint density at radius 2 is 2.12 bits per heavy atom. The molecule has 8 heteroatoms. The van der Waals surface area contributed by atoms with Crippen molar-refractivity contribution in [1.29, 1.82) is 0 Å². The molecule has 0 radical (unpaired) electrons. The van der Waals surface area contributed by atoms with Gasteiger partial charge < -0.3 is 15.2 Å². The third-order valence-corrected chi connectivity index (χ3v) is 3.01. The largest absolute Gasteiger partial charge is 0.454 e. The molecule has 7 nitrogen and oxygen atoms in total. The van der Waals surface area contributed by atoms with Crippen LogP contribution < -0.4 is 10.1 Å². The van der Waals surface area contributed by atoms with Crippen LogP contribution in [0.5, 0.6) is 11.5 Å². The summed E-state index contributed by atoms with van der Waals surface area (Å²) in [5.41, 5.74) is -0.110. The first-order chi connectivity index (χ1) is 11.4. The maximum Gasteiger partial charge on any atom is 0.272 e. The molecule has 2 aromatic rings. The molecule has 2 aromatic carbocycles. The predicted octanol–water partition coefficient (Wildman–Crippen LogP) is 2.64. The molecule has 0 aliphatic carbocycles. The fourth-order valence-electron chi connectivity index (χ4n) is 1.86. The minimum Gasteiger partial charge on any atom is -0.454 e. The maximum absolute atomic E-state index is 13.8. The van der Waals surface area contributed by atoms with Gasteiger partial charge in [-0.05, 0) is 31.2 Å². The first-order valence-corrected chi connectivity index (χ1v) is 7.05. The lowest BCUT2D eigenvalue weighted by atomic mass is 10.2. The highest BCUT2D eigenvalue weighted by molar-refractivity contribution is 5.94. The van der Waals surface area contributed by atoms with Crippen LogP contribution in [0.1, 0.15) is 17.3 Å². The topological polar surface area (TPSA) is 102 Å². The molecule has 0 fully saturated rings. The molecule has 0 saturated carbocycles. The number of halogens is 1. The fourth-order valence-corrected chi connectivity index (χ4v) is 1.86. The standard InChI is InChI=1S/C16H15FN2O5/c1-10(20)9-18-16(21)11-3-2-4-13(7-11)24-15-6-5-12(19(22)23)8-14(15)17/h2-8,10,20H,9H2,1H3,(H,18,21)/t10-/m0/s1. The van der Waals surface area contributed by atoms with Crippen molar-refractivity contribution in [2.75, 3.05) is 6.54 Å². The Morgan fingerprint density at radius 3 is 2.75 bits per heavy atom. The number of nitrogens with zero attached hydrogens (tertiary/aromatic N) is 1. The lowest BCUT2D eigenvalue weighted by Crippen LogP contribution is -2.30. The average molecular weight is 334 g/mol. The Balaban J connectivity index is 2.15. The zero-order valence-corrected chi connectivity index (χ0v) is 12.7. The minimum absolute atomic E-state index is 0.0981. The van der Waals surface area contributed by atoms with Crippen LogP contribution in [-0.4, -0.2) is 28.6 Å². The van der Waals surface area contributed by atoms with Gasteiger partial charge in [-0.1, -0.05) is 6.07 Å². The van der Waals surface area contributed by atoms with Gasteiger partial charge in [0, 0.05) is 18.2 Å². The van der Waals surface area contributed by atoms with Crippen molar-refractivity contribution in [1.82, 2.24) is 5.32 Å². The number of carbonyl (C=O) groups excluding carboxylic acids is 1. The highest BCUT2D eigenvalue weighted by Gasteiger charge is 2.13. The number of non-ortho nitro benzene ring substituents is 1. The Labute approximate surface area is 136 Å². The molecule has 1 amide bonds. The molecule has 0 aliphatic rings. The minimum atomic E-state index is -0.881. The van der Waals surface area contributed by atoms with Crippen LogP contribution in [0, 0.1) is 15.9 Å². The Kier molecular flexibility index (Phi) is 5.43. The van der Waals surface area contributed by atoms with E-state index >= 15 is 0 Å². The Morgan fingerprint density at radius 1 is 1.38 bits per heavy atom. The van der Waals surface area contributed by atoms with Gasteiger partial charge in [-0.3, -0.25) is 14.9 Å².